The zero-order chi connectivity index (χ0) is 20.1. The number of ether oxygens (including phenoxy) is 1. The van der Waals surface area contributed by atoms with Gasteiger partial charge in [0.1, 0.15) is 5.75 Å². The number of amides is 1. The number of carbonyl (C=O) groups is 1. The van der Waals surface area contributed by atoms with Crippen molar-refractivity contribution in [2.24, 2.45) is 0 Å². The Kier molecular flexibility index (Phi) is 6.13. The fraction of sp³-hybridized carbons (Fsp3) is 0.381. The average molecular weight is 383 g/mol. The lowest BCUT2D eigenvalue weighted by Crippen LogP contribution is -2.31. The fourth-order valence-corrected chi connectivity index (χ4v) is 3.32. The molecule has 7 nitrogen and oxygen atoms in total. The van der Waals surface area contributed by atoms with Gasteiger partial charge in [-0.25, -0.2) is 0 Å². The first-order valence-electron chi connectivity index (χ1n) is 9.55. The number of hydrogen-bond donors (Lipinski definition) is 1. The van der Waals surface area contributed by atoms with Crippen LogP contribution in [0.15, 0.2) is 42.5 Å². The molecule has 0 saturated carbocycles. The van der Waals surface area contributed by atoms with Crippen molar-refractivity contribution < 1.29 is 14.5 Å². The van der Waals surface area contributed by atoms with Crippen LogP contribution in [-0.4, -0.2) is 30.0 Å². The van der Waals surface area contributed by atoms with Crippen molar-refractivity contribution in [1.29, 1.82) is 0 Å². The third-order valence-electron chi connectivity index (χ3n) is 4.62. The monoisotopic (exact) mass is 383 g/mol. The molecule has 148 valence electrons. The Labute approximate surface area is 164 Å². The third-order valence-corrected chi connectivity index (χ3v) is 4.62. The smallest absolute Gasteiger partial charge is 0.270 e. The SMILES string of the molecule is CC(C)Oc1ccc(NC(=O)c2cc([N+](=O)[O-])ccc2N2CCCCC2)cc1. The second kappa shape index (κ2) is 8.73. The number of nitro benzene ring substituents is 1. The Balaban J connectivity index is 1.84. The van der Waals surface area contributed by atoms with Gasteiger partial charge in [0.15, 0.2) is 0 Å². The molecule has 28 heavy (non-hydrogen) atoms. The van der Waals surface area contributed by atoms with E-state index in [1.54, 1.807) is 30.3 Å². The lowest BCUT2D eigenvalue weighted by molar-refractivity contribution is -0.384. The number of hydrogen-bond acceptors (Lipinski definition) is 5. The van der Waals surface area contributed by atoms with E-state index in [2.05, 4.69) is 10.2 Å². The highest BCUT2D eigenvalue weighted by Crippen LogP contribution is 2.29. The minimum absolute atomic E-state index is 0.0670. The highest BCUT2D eigenvalue weighted by molar-refractivity contribution is 6.08. The molecule has 1 amide bonds. The van der Waals surface area contributed by atoms with Gasteiger partial charge in [-0.05, 0) is 63.4 Å². The van der Waals surface area contributed by atoms with Crippen molar-refractivity contribution in [3.05, 3.63) is 58.1 Å². The van der Waals surface area contributed by atoms with Crippen molar-refractivity contribution >= 4 is 23.0 Å². The van der Waals surface area contributed by atoms with Gasteiger partial charge in [0.05, 0.1) is 22.3 Å². The highest BCUT2D eigenvalue weighted by atomic mass is 16.6. The molecule has 2 aromatic rings. The number of rotatable bonds is 6. The summed E-state index contributed by atoms with van der Waals surface area (Å²) < 4.78 is 5.60. The summed E-state index contributed by atoms with van der Waals surface area (Å²) in [4.78, 5) is 25.8. The normalized spacial score (nSPS) is 14.0. The first-order chi connectivity index (χ1) is 13.4. The quantitative estimate of drug-likeness (QED) is 0.581. The van der Waals surface area contributed by atoms with Gasteiger partial charge in [0.25, 0.3) is 11.6 Å². The first kappa shape index (κ1) is 19.7. The largest absolute Gasteiger partial charge is 0.491 e. The van der Waals surface area contributed by atoms with Gasteiger partial charge in [-0.15, -0.1) is 0 Å². The van der Waals surface area contributed by atoms with Crippen molar-refractivity contribution in [1.82, 2.24) is 0 Å². The average Bonchev–Trinajstić information content (AvgIpc) is 2.69. The summed E-state index contributed by atoms with van der Waals surface area (Å²) in [5.74, 6) is 0.360. The summed E-state index contributed by atoms with van der Waals surface area (Å²) in [5.41, 5.74) is 1.57. The molecule has 7 heteroatoms. The zero-order valence-electron chi connectivity index (χ0n) is 16.2. The second-order valence-electron chi connectivity index (χ2n) is 7.15. The van der Waals surface area contributed by atoms with Gasteiger partial charge in [0, 0.05) is 30.9 Å². The van der Waals surface area contributed by atoms with Gasteiger partial charge >= 0.3 is 0 Å². The number of non-ortho nitro benzene ring substituents is 1. The predicted molar refractivity (Wildman–Crippen MR) is 109 cm³/mol. The minimum Gasteiger partial charge on any atom is -0.491 e. The maximum Gasteiger partial charge on any atom is 0.270 e. The maximum absolute atomic E-state index is 12.9. The zero-order valence-corrected chi connectivity index (χ0v) is 16.2. The molecule has 1 fully saturated rings. The van der Waals surface area contributed by atoms with E-state index in [0.717, 1.165) is 43.8 Å². The second-order valence-corrected chi connectivity index (χ2v) is 7.15. The third kappa shape index (κ3) is 4.79. The van der Waals surface area contributed by atoms with E-state index in [4.69, 9.17) is 4.74 Å². The summed E-state index contributed by atoms with van der Waals surface area (Å²) in [6, 6.07) is 11.6. The molecule has 3 rings (SSSR count). The first-order valence-corrected chi connectivity index (χ1v) is 9.55. The number of nitrogens with one attached hydrogen (secondary N) is 1. The Hall–Kier alpha value is -3.09. The van der Waals surface area contributed by atoms with Gasteiger partial charge in [0.2, 0.25) is 0 Å². The van der Waals surface area contributed by atoms with Crippen molar-refractivity contribution in [2.45, 2.75) is 39.2 Å². The van der Waals surface area contributed by atoms with Crippen LogP contribution in [0.2, 0.25) is 0 Å². The van der Waals surface area contributed by atoms with E-state index >= 15 is 0 Å². The van der Waals surface area contributed by atoms with Gasteiger partial charge in [-0.1, -0.05) is 0 Å². The molecule has 1 heterocycles. The number of carbonyl (C=O) groups excluding carboxylic acids is 1. The van der Waals surface area contributed by atoms with Gasteiger partial charge < -0.3 is 15.0 Å². The number of benzene rings is 2. The van der Waals surface area contributed by atoms with Crippen LogP contribution < -0.4 is 15.0 Å². The summed E-state index contributed by atoms with van der Waals surface area (Å²) in [7, 11) is 0. The summed E-state index contributed by atoms with van der Waals surface area (Å²) in [6.07, 6.45) is 3.33. The lowest BCUT2D eigenvalue weighted by Gasteiger charge is -2.30. The summed E-state index contributed by atoms with van der Waals surface area (Å²) in [6.45, 7) is 5.58. The van der Waals surface area contributed by atoms with Crippen LogP contribution in [0.25, 0.3) is 0 Å². The van der Waals surface area contributed by atoms with Crippen LogP contribution >= 0.6 is 0 Å². The van der Waals surface area contributed by atoms with E-state index in [0.29, 0.717) is 11.3 Å². The van der Waals surface area contributed by atoms with Crippen molar-refractivity contribution in [2.75, 3.05) is 23.3 Å². The molecule has 0 bridgehead atoms. The predicted octanol–water partition coefficient (Wildman–Crippen LogP) is 4.62. The molecule has 1 aliphatic rings. The van der Waals surface area contributed by atoms with Crippen LogP contribution in [0, 0.1) is 10.1 Å². The number of anilines is 2. The van der Waals surface area contributed by atoms with E-state index in [-0.39, 0.29) is 17.7 Å². The van der Waals surface area contributed by atoms with Crippen LogP contribution in [0.3, 0.4) is 0 Å². The van der Waals surface area contributed by atoms with E-state index in [9.17, 15) is 14.9 Å². The van der Waals surface area contributed by atoms with Crippen LogP contribution in [0.1, 0.15) is 43.5 Å². The van der Waals surface area contributed by atoms with Crippen LogP contribution in [-0.2, 0) is 0 Å². The molecule has 0 atom stereocenters. The highest BCUT2D eigenvalue weighted by Gasteiger charge is 2.22. The molecule has 2 aromatic carbocycles. The van der Waals surface area contributed by atoms with Crippen LogP contribution in [0.5, 0.6) is 5.75 Å². The maximum atomic E-state index is 12.9. The molecular weight excluding hydrogens is 358 g/mol. The molecule has 1 N–H and O–H groups in total. The number of nitrogens with zero attached hydrogens (tertiary/aromatic N) is 2. The molecule has 0 radical (unpaired) electrons. The summed E-state index contributed by atoms with van der Waals surface area (Å²) >= 11 is 0. The van der Waals surface area contributed by atoms with E-state index < -0.39 is 4.92 Å². The van der Waals surface area contributed by atoms with Gasteiger partial charge in [-0.2, -0.15) is 0 Å². The molecule has 0 aromatic heterocycles. The molecule has 0 aliphatic carbocycles. The molecular formula is C21H25N3O4. The Morgan fingerprint density at radius 1 is 1.11 bits per heavy atom. The van der Waals surface area contributed by atoms with E-state index in [1.807, 2.05) is 13.8 Å². The Bertz CT molecular complexity index is 843. The number of nitro groups is 1. The Morgan fingerprint density at radius 2 is 1.79 bits per heavy atom. The standard InChI is InChI=1S/C21H25N3O4/c1-15(2)28-18-9-6-16(7-10-18)22-21(25)19-14-17(24(26)27)8-11-20(19)23-12-4-3-5-13-23/h6-11,14-15H,3-5,12-13H2,1-2H3,(H,22,25). The Morgan fingerprint density at radius 3 is 2.39 bits per heavy atom. The molecule has 0 spiro atoms. The fourth-order valence-electron chi connectivity index (χ4n) is 3.32. The van der Waals surface area contributed by atoms with Crippen molar-refractivity contribution in [3.63, 3.8) is 0 Å². The molecule has 0 unspecified atom stereocenters. The van der Waals surface area contributed by atoms with Gasteiger partial charge in [-0.3, -0.25) is 14.9 Å². The lowest BCUT2D eigenvalue weighted by atomic mass is 10.1. The molecule has 1 aliphatic heterocycles. The van der Waals surface area contributed by atoms with Crippen molar-refractivity contribution in [3.8, 4) is 5.75 Å². The minimum atomic E-state index is -0.477. The number of piperidine rings is 1. The molecule has 1 saturated heterocycles. The topological polar surface area (TPSA) is 84.7 Å². The van der Waals surface area contributed by atoms with Crippen LogP contribution in [0.4, 0.5) is 17.1 Å². The van der Waals surface area contributed by atoms with E-state index in [1.165, 1.54) is 12.1 Å². The summed E-state index contributed by atoms with van der Waals surface area (Å²) in [5, 5.41) is 14.0.